The molecule has 0 atom stereocenters. The molecular weight excluding hydrogens is 241 g/mol. The molecule has 0 fully saturated rings. The number of halogens is 1. The Bertz CT molecular complexity index is 615. The minimum atomic E-state index is -0.254. The van der Waals surface area contributed by atoms with Gasteiger partial charge in [-0.05, 0) is 43.3 Å². The molecule has 0 unspecified atom stereocenters. The second kappa shape index (κ2) is 5.96. The van der Waals surface area contributed by atoms with E-state index in [1.165, 1.54) is 6.07 Å². The molecule has 0 aliphatic carbocycles. The zero-order valence-electron chi connectivity index (χ0n) is 10.5. The van der Waals surface area contributed by atoms with E-state index in [2.05, 4.69) is 4.99 Å². The van der Waals surface area contributed by atoms with Crippen LogP contribution in [0.5, 0.6) is 5.75 Å². The monoisotopic (exact) mass is 255 g/mol. The highest BCUT2D eigenvalue weighted by atomic mass is 19.1. The van der Waals surface area contributed by atoms with Gasteiger partial charge >= 0.3 is 0 Å². The van der Waals surface area contributed by atoms with Crippen LogP contribution in [-0.2, 0) is 0 Å². The average Bonchev–Trinajstić information content (AvgIpc) is 2.40. The van der Waals surface area contributed by atoms with Gasteiger partial charge in [-0.1, -0.05) is 24.3 Å². The van der Waals surface area contributed by atoms with Crippen LogP contribution in [0.1, 0.15) is 12.5 Å². The Morgan fingerprint density at radius 2 is 1.79 bits per heavy atom. The molecule has 0 saturated heterocycles. The van der Waals surface area contributed by atoms with Crippen molar-refractivity contribution in [2.75, 3.05) is 0 Å². The van der Waals surface area contributed by atoms with E-state index in [4.69, 9.17) is 5.11 Å². The van der Waals surface area contributed by atoms with Crippen molar-refractivity contribution in [3.05, 3.63) is 66.0 Å². The summed E-state index contributed by atoms with van der Waals surface area (Å²) in [7, 11) is 0. The van der Waals surface area contributed by atoms with Gasteiger partial charge in [0.05, 0.1) is 5.69 Å². The Morgan fingerprint density at radius 1 is 1.11 bits per heavy atom. The lowest BCUT2D eigenvalue weighted by atomic mass is 10.2. The van der Waals surface area contributed by atoms with Crippen LogP contribution < -0.4 is 0 Å². The van der Waals surface area contributed by atoms with E-state index in [1.54, 1.807) is 54.6 Å². The van der Waals surface area contributed by atoms with Gasteiger partial charge in [0.2, 0.25) is 0 Å². The minimum absolute atomic E-state index is 0.207. The summed E-state index contributed by atoms with van der Waals surface area (Å²) in [4.78, 5) is 4.34. The molecule has 2 aromatic carbocycles. The van der Waals surface area contributed by atoms with Gasteiger partial charge in [-0.2, -0.15) is 0 Å². The van der Waals surface area contributed by atoms with Crippen LogP contribution in [0.4, 0.5) is 10.1 Å². The van der Waals surface area contributed by atoms with Gasteiger partial charge in [0.1, 0.15) is 11.6 Å². The van der Waals surface area contributed by atoms with E-state index in [9.17, 15) is 4.39 Å². The summed E-state index contributed by atoms with van der Waals surface area (Å²) >= 11 is 0. The van der Waals surface area contributed by atoms with Crippen molar-refractivity contribution in [3.63, 3.8) is 0 Å². The molecular formula is C16H14FNO. The van der Waals surface area contributed by atoms with Gasteiger partial charge in [0.15, 0.2) is 0 Å². The number of hydrogen-bond acceptors (Lipinski definition) is 2. The third-order valence-electron chi connectivity index (χ3n) is 2.56. The van der Waals surface area contributed by atoms with Crippen molar-refractivity contribution in [1.82, 2.24) is 0 Å². The van der Waals surface area contributed by atoms with Crippen molar-refractivity contribution in [1.29, 1.82) is 0 Å². The lowest BCUT2D eigenvalue weighted by Gasteiger charge is -1.97. The fraction of sp³-hybridized carbons (Fsp3) is 0.0625. The summed E-state index contributed by atoms with van der Waals surface area (Å²) in [6.07, 6.45) is 3.44. The van der Waals surface area contributed by atoms with Crippen LogP contribution in [0.2, 0.25) is 0 Å². The zero-order chi connectivity index (χ0) is 13.7. The van der Waals surface area contributed by atoms with Crippen LogP contribution in [0, 0.1) is 5.82 Å². The highest BCUT2D eigenvalue weighted by Gasteiger charge is 1.95. The first-order chi connectivity index (χ1) is 9.15. The van der Waals surface area contributed by atoms with Crippen LogP contribution in [0.15, 0.2) is 59.6 Å². The van der Waals surface area contributed by atoms with Crippen molar-refractivity contribution < 1.29 is 9.50 Å². The van der Waals surface area contributed by atoms with Crippen molar-refractivity contribution in [3.8, 4) is 5.75 Å². The van der Waals surface area contributed by atoms with E-state index in [0.717, 1.165) is 11.4 Å². The van der Waals surface area contributed by atoms with E-state index < -0.39 is 0 Å². The number of allylic oxidation sites excluding steroid dienone is 1. The summed E-state index contributed by atoms with van der Waals surface area (Å²) in [5.41, 5.74) is 2.03. The number of nitrogens with zero attached hydrogens (tertiary/aromatic N) is 1. The van der Waals surface area contributed by atoms with Crippen LogP contribution >= 0.6 is 0 Å². The molecule has 0 aliphatic rings. The second-order valence-electron chi connectivity index (χ2n) is 4.12. The highest BCUT2D eigenvalue weighted by Crippen LogP contribution is 2.17. The zero-order valence-corrected chi connectivity index (χ0v) is 10.5. The first-order valence-electron chi connectivity index (χ1n) is 5.92. The first kappa shape index (κ1) is 13.0. The number of benzene rings is 2. The molecule has 1 N–H and O–H groups in total. The minimum Gasteiger partial charge on any atom is -0.508 e. The smallest absolute Gasteiger partial charge is 0.130 e. The topological polar surface area (TPSA) is 32.6 Å². The van der Waals surface area contributed by atoms with Crippen molar-refractivity contribution in [2.24, 2.45) is 4.99 Å². The number of aliphatic imine (C=N–C) groups is 1. The Morgan fingerprint density at radius 3 is 2.47 bits per heavy atom. The average molecular weight is 255 g/mol. The van der Waals surface area contributed by atoms with Crippen LogP contribution in [0.3, 0.4) is 0 Å². The normalized spacial score (nSPS) is 12.0. The lowest BCUT2D eigenvalue weighted by molar-refractivity contribution is 0.475. The molecule has 0 bridgehead atoms. The second-order valence-corrected chi connectivity index (χ2v) is 4.12. The maximum absolute atomic E-state index is 13.4. The Kier molecular flexibility index (Phi) is 4.08. The fourth-order valence-corrected chi connectivity index (χ4v) is 1.59. The van der Waals surface area contributed by atoms with Crippen LogP contribution in [-0.4, -0.2) is 10.8 Å². The standard InChI is InChI=1S/C16H14FNO/c1-12(18-14-8-10-15(19)11-9-14)6-7-13-4-2-3-5-16(13)17/h2-11,19H,1H3. The highest BCUT2D eigenvalue weighted by molar-refractivity contribution is 5.97. The van der Waals surface area contributed by atoms with E-state index in [0.29, 0.717) is 5.56 Å². The number of rotatable bonds is 3. The predicted octanol–water partition coefficient (Wildman–Crippen LogP) is 4.34. The molecule has 2 nitrogen and oxygen atoms in total. The fourth-order valence-electron chi connectivity index (χ4n) is 1.59. The van der Waals surface area contributed by atoms with Gasteiger partial charge in [0.25, 0.3) is 0 Å². The lowest BCUT2D eigenvalue weighted by Crippen LogP contribution is -1.85. The molecule has 3 heteroatoms. The molecule has 0 heterocycles. The molecule has 19 heavy (non-hydrogen) atoms. The summed E-state index contributed by atoms with van der Waals surface area (Å²) < 4.78 is 13.4. The molecule has 0 spiro atoms. The molecule has 0 aromatic heterocycles. The first-order valence-corrected chi connectivity index (χ1v) is 5.92. The third-order valence-corrected chi connectivity index (χ3v) is 2.56. The predicted molar refractivity (Wildman–Crippen MR) is 76.3 cm³/mol. The maximum atomic E-state index is 13.4. The number of hydrogen-bond donors (Lipinski definition) is 1. The molecule has 2 aromatic rings. The summed E-state index contributed by atoms with van der Waals surface area (Å²) in [5.74, 6) is -0.0466. The molecule has 0 radical (unpaired) electrons. The quantitative estimate of drug-likeness (QED) is 0.813. The maximum Gasteiger partial charge on any atom is 0.130 e. The van der Waals surface area contributed by atoms with E-state index in [1.807, 2.05) is 6.92 Å². The van der Waals surface area contributed by atoms with Crippen LogP contribution in [0.25, 0.3) is 6.08 Å². The SMILES string of the molecule is CC(C=Cc1ccccc1F)=Nc1ccc(O)cc1. The molecule has 2 rings (SSSR count). The van der Waals surface area contributed by atoms with Gasteiger partial charge in [0, 0.05) is 11.3 Å². The van der Waals surface area contributed by atoms with Gasteiger partial charge in [-0.3, -0.25) is 4.99 Å². The van der Waals surface area contributed by atoms with E-state index >= 15 is 0 Å². The van der Waals surface area contributed by atoms with Crippen molar-refractivity contribution in [2.45, 2.75) is 6.92 Å². The Hall–Kier alpha value is -2.42. The molecule has 96 valence electrons. The summed E-state index contributed by atoms with van der Waals surface area (Å²) in [6, 6.07) is 13.2. The molecule has 0 aliphatic heterocycles. The van der Waals surface area contributed by atoms with E-state index in [-0.39, 0.29) is 11.6 Å². The number of phenolic OH excluding ortho intramolecular Hbond substituents is 1. The summed E-state index contributed by atoms with van der Waals surface area (Å²) in [6.45, 7) is 1.84. The van der Waals surface area contributed by atoms with Gasteiger partial charge < -0.3 is 5.11 Å². The Balaban J connectivity index is 2.14. The van der Waals surface area contributed by atoms with Gasteiger partial charge in [-0.15, -0.1) is 0 Å². The third kappa shape index (κ3) is 3.78. The largest absolute Gasteiger partial charge is 0.508 e. The number of aromatic hydroxyl groups is 1. The molecule has 0 amide bonds. The number of phenols is 1. The van der Waals surface area contributed by atoms with Gasteiger partial charge in [-0.25, -0.2) is 4.39 Å². The Labute approximate surface area is 111 Å². The molecule has 0 saturated carbocycles. The van der Waals surface area contributed by atoms with Crippen molar-refractivity contribution >= 4 is 17.5 Å². The summed E-state index contributed by atoms with van der Waals surface area (Å²) in [5, 5.41) is 9.17.